The van der Waals surface area contributed by atoms with E-state index in [0.29, 0.717) is 19.1 Å². The summed E-state index contributed by atoms with van der Waals surface area (Å²) < 4.78 is 5.54. The SMILES string of the molecule is Cl.O=C(CCCOc1ccccc1)NCC1CCCN1. The van der Waals surface area contributed by atoms with Gasteiger partial charge in [0.05, 0.1) is 6.61 Å². The van der Waals surface area contributed by atoms with Crippen molar-refractivity contribution in [2.45, 2.75) is 31.7 Å². The lowest BCUT2D eigenvalue weighted by molar-refractivity contribution is -0.121. The van der Waals surface area contributed by atoms with Crippen LogP contribution in [0.15, 0.2) is 30.3 Å². The minimum absolute atomic E-state index is 0. The van der Waals surface area contributed by atoms with Gasteiger partial charge in [0, 0.05) is 19.0 Å². The van der Waals surface area contributed by atoms with E-state index in [9.17, 15) is 4.79 Å². The molecule has 1 aromatic carbocycles. The maximum atomic E-state index is 11.6. The van der Waals surface area contributed by atoms with E-state index in [1.54, 1.807) is 0 Å². The molecule has 0 aliphatic carbocycles. The first-order valence-electron chi connectivity index (χ1n) is 7.02. The van der Waals surface area contributed by atoms with Gasteiger partial charge in [-0.3, -0.25) is 4.79 Å². The average molecular weight is 299 g/mol. The zero-order valence-electron chi connectivity index (χ0n) is 11.6. The predicted molar refractivity (Wildman–Crippen MR) is 82.5 cm³/mol. The first-order valence-corrected chi connectivity index (χ1v) is 7.02. The summed E-state index contributed by atoms with van der Waals surface area (Å²) in [6.07, 6.45) is 3.65. The second-order valence-corrected chi connectivity index (χ2v) is 4.86. The van der Waals surface area contributed by atoms with Crippen LogP contribution in [0.5, 0.6) is 5.75 Å². The molecule has 0 radical (unpaired) electrons. The monoisotopic (exact) mass is 298 g/mol. The average Bonchev–Trinajstić information content (AvgIpc) is 2.96. The van der Waals surface area contributed by atoms with E-state index < -0.39 is 0 Å². The van der Waals surface area contributed by atoms with Crippen LogP contribution in [0.1, 0.15) is 25.7 Å². The summed E-state index contributed by atoms with van der Waals surface area (Å²) in [4.78, 5) is 11.6. The van der Waals surface area contributed by atoms with Crippen LogP contribution in [0.2, 0.25) is 0 Å². The predicted octanol–water partition coefficient (Wildman–Crippen LogP) is 2.14. The number of halogens is 1. The molecule has 5 heteroatoms. The number of carbonyl (C=O) groups is 1. The third-order valence-corrected chi connectivity index (χ3v) is 3.27. The van der Waals surface area contributed by atoms with Crippen molar-refractivity contribution in [2.75, 3.05) is 19.7 Å². The number of nitrogens with one attached hydrogen (secondary N) is 2. The van der Waals surface area contributed by atoms with Crippen molar-refractivity contribution < 1.29 is 9.53 Å². The fourth-order valence-corrected chi connectivity index (χ4v) is 2.20. The van der Waals surface area contributed by atoms with E-state index in [-0.39, 0.29) is 18.3 Å². The molecule has 1 aromatic rings. The van der Waals surface area contributed by atoms with E-state index in [1.807, 2.05) is 30.3 Å². The van der Waals surface area contributed by atoms with E-state index in [4.69, 9.17) is 4.74 Å². The van der Waals surface area contributed by atoms with Gasteiger partial charge >= 0.3 is 0 Å². The summed E-state index contributed by atoms with van der Waals surface area (Å²) in [5, 5.41) is 6.33. The summed E-state index contributed by atoms with van der Waals surface area (Å²) in [5.41, 5.74) is 0. The number of hydrogen-bond acceptors (Lipinski definition) is 3. The number of para-hydroxylation sites is 1. The smallest absolute Gasteiger partial charge is 0.220 e. The number of benzene rings is 1. The Morgan fingerprint density at radius 1 is 1.35 bits per heavy atom. The molecule has 0 aromatic heterocycles. The lowest BCUT2D eigenvalue weighted by Crippen LogP contribution is -2.37. The van der Waals surface area contributed by atoms with Crippen molar-refractivity contribution >= 4 is 18.3 Å². The normalized spacial score (nSPS) is 17.3. The molecule has 1 fully saturated rings. The molecular weight excluding hydrogens is 276 g/mol. The van der Waals surface area contributed by atoms with Crippen LogP contribution in [0.3, 0.4) is 0 Å². The number of amides is 1. The van der Waals surface area contributed by atoms with E-state index >= 15 is 0 Å². The summed E-state index contributed by atoms with van der Waals surface area (Å²) in [7, 11) is 0. The molecule has 20 heavy (non-hydrogen) atoms. The summed E-state index contributed by atoms with van der Waals surface area (Å²) in [5.74, 6) is 0.975. The standard InChI is InChI=1S/C15H22N2O2.ClH/c18-15(17-12-13-6-4-10-16-13)9-5-11-19-14-7-2-1-3-8-14;/h1-3,7-8,13,16H,4-6,9-12H2,(H,17,18);1H. The largest absolute Gasteiger partial charge is 0.494 e. The van der Waals surface area contributed by atoms with Gasteiger partial charge in [0.25, 0.3) is 0 Å². The number of rotatable bonds is 7. The summed E-state index contributed by atoms with van der Waals surface area (Å²) >= 11 is 0. The Kier molecular flexibility index (Phi) is 8.07. The van der Waals surface area contributed by atoms with Crippen LogP contribution < -0.4 is 15.4 Å². The van der Waals surface area contributed by atoms with Gasteiger partial charge in [0.15, 0.2) is 0 Å². The Balaban J connectivity index is 0.00000200. The highest BCUT2D eigenvalue weighted by Gasteiger charge is 2.14. The minimum atomic E-state index is 0. The first kappa shape index (κ1) is 16.8. The highest BCUT2D eigenvalue weighted by molar-refractivity contribution is 5.85. The molecule has 1 saturated heterocycles. The molecule has 1 atom stereocenters. The zero-order chi connectivity index (χ0) is 13.3. The molecule has 0 saturated carbocycles. The Labute approximate surface area is 126 Å². The second-order valence-electron chi connectivity index (χ2n) is 4.86. The molecule has 0 bridgehead atoms. The van der Waals surface area contributed by atoms with Gasteiger partial charge in [-0.25, -0.2) is 0 Å². The fraction of sp³-hybridized carbons (Fsp3) is 0.533. The molecule has 1 heterocycles. The molecule has 0 spiro atoms. The van der Waals surface area contributed by atoms with Crippen molar-refractivity contribution in [3.8, 4) is 5.75 Å². The third-order valence-electron chi connectivity index (χ3n) is 3.27. The Bertz CT molecular complexity index is 381. The first-order chi connectivity index (χ1) is 9.34. The van der Waals surface area contributed by atoms with Crippen molar-refractivity contribution in [3.63, 3.8) is 0 Å². The van der Waals surface area contributed by atoms with Crippen molar-refractivity contribution in [1.82, 2.24) is 10.6 Å². The van der Waals surface area contributed by atoms with Gasteiger partial charge in [0.2, 0.25) is 5.91 Å². The highest BCUT2D eigenvalue weighted by atomic mass is 35.5. The molecule has 1 amide bonds. The Hall–Kier alpha value is -1.26. The topological polar surface area (TPSA) is 50.4 Å². The van der Waals surface area contributed by atoms with Crippen molar-refractivity contribution in [2.24, 2.45) is 0 Å². The number of carbonyl (C=O) groups excluding carboxylic acids is 1. The van der Waals surface area contributed by atoms with E-state index in [0.717, 1.165) is 31.7 Å². The zero-order valence-corrected chi connectivity index (χ0v) is 12.5. The maximum absolute atomic E-state index is 11.6. The van der Waals surface area contributed by atoms with Crippen LogP contribution in [0.4, 0.5) is 0 Å². The molecule has 1 aliphatic heterocycles. The minimum Gasteiger partial charge on any atom is -0.494 e. The van der Waals surface area contributed by atoms with Crippen molar-refractivity contribution in [3.05, 3.63) is 30.3 Å². The van der Waals surface area contributed by atoms with Crippen LogP contribution in [0.25, 0.3) is 0 Å². The molecule has 1 unspecified atom stereocenters. The summed E-state index contributed by atoms with van der Waals surface area (Å²) in [6, 6.07) is 10.1. The van der Waals surface area contributed by atoms with Gasteiger partial charge in [0.1, 0.15) is 5.75 Å². The molecule has 2 N–H and O–H groups in total. The Morgan fingerprint density at radius 2 is 2.15 bits per heavy atom. The fourth-order valence-electron chi connectivity index (χ4n) is 2.20. The lowest BCUT2D eigenvalue weighted by Gasteiger charge is -2.11. The van der Waals surface area contributed by atoms with E-state index in [1.165, 1.54) is 6.42 Å². The summed E-state index contributed by atoms with van der Waals surface area (Å²) in [6.45, 7) is 2.41. The maximum Gasteiger partial charge on any atom is 0.220 e. The highest BCUT2D eigenvalue weighted by Crippen LogP contribution is 2.08. The van der Waals surface area contributed by atoms with E-state index in [2.05, 4.69) is 10.6 Å². The Morgan fingerprint density at radius 3 is 2.85 bits per heavy atom. The van der Waals surface area contributed by atoms with Gasteiger partial charge < -0.3 is 15.4 Å². The lowest BCUT2D eigenvalue weighted by atomic mass is 10.2. The second kappa shape index (κ2) is 9.61. The van der Waals surface area contributed by atoms with Gasteiger partial charge in [-0.05, 0) is 37.9 Å². The van der Waals surface area contributed by atoms with Crippen LogP contribution in [-0.4, -0.2) is 31.6 Å². The van der Waals surface area contributed by atoms with Gasteiger partial charge in [-0.15, -0.1) is 12.4 Å². The molecular formula is C15H23ClN2O2. The van der Waals surface area contributed by atoms with Gasteiger partial charge in [-0.1, -0.05) is 18.2 Å². The third kappa shape index (κ3) is 6.26. The molecule has 1 aliphatic rings. The van der Waals surface area contributed by atoms with Crippen LogP contribution >= 0.6 is 12.4 Å². The van der Waals surface area contributed by atoms with Crippen LogP contribution in [0, 0.1) is 0 Å². The molecule has 2 rings (SSSR count). The molecule has 112 valence electrons. The molecule has 4 nitrogen and oxygen atoms in total. The quantitative estimate of drug-likeness (QED) is 0.758. The van der Waals surface area contributed by atoms with Gasteiger partial charge in [-0.2, -0.15) is 0 Å². The number of ether oxygens (including phenoxy) is 1. The number of hydrogen-bond donors (Lipinski definition) is 2. The van der Waals surface area contributed by atoms with Crippen molar-refractivity contribution in [1.29, 1.82) is 0 Å². The van der Waals surface area contributed by atoms with Crippen LogP contribution in [-0.2, 0) is 4.79 Å².